The Balaban J connectivity index is 3.78. The van der Waals surface area contributed by atoms with Crippen molar-refractivity contribution in [2.45, 2.75) is 12.4 Å². The third-order valence-electron chi connectivity index (χ3n) is 1.99. The molecule has 0 unspecified atom stereocenters. The number of hydrogen-bond acceptors (Lipinski definition) is 1. The van der Waals surface area contributed by atoms with Gasteiger partial charge in [0.25, 0.3) is 0 Å². The fourth-order valence-corrected chi connectivity index (χ4v) is 2.06. The fraction of sp³-hybridized carbons (Fsp3) is 0.222. The Morgan fingerprint density at radius 2 is 1.56 bits per heavy atom. The van der Waals surface area contributed by atoms with Crippen LogP contribution in [0, 0.1) is 3.57 Å². The van der Waals surface area contributed by atoms with Gasteiger partial charge < -0.3 is 5.73 Å². The van der Waals surface area contributed by atoms with Gasteiger partial charge in [0.05, 0.1) is 16.7 Å². The lowest BCUT2D eigenvalue weighted by molar-refractivity contribution is -0.162. The molecule has 0 aromatic heterocycles. The summed E-state index contributed by atoms with van der Waals surface area (Å²) in [5, 5.41) is 0. The highest BCUT2D eigenvalue weighted by atomic mass is 127. The molecule has 0 heterocycles. The predicted octanol–water partition coefficient (Wildman–Crippen LogP) is 3.43. The van der Waals surface area contributed by atoms with Crippen molar-refractivity contribution in [2.24, 2.45) is 5.73 Å². The summed E-state index contributed by atoms with van der Waals surface area (Å²) in [6.45, 7) is 0. The fourth-order valence-electron chi connectivity index (χ4n) is 1.35. The van der Waals surface area contributed by atoms with E-state index in [1.165, 1.54) is 22.6 Å². The van der Waals surface area contributed by atoms with E-state index >= 15 is 0 Å². The molecule has 1 aromatic carbocycles. The molecule has 0 aliphatic heterocycles. The Labute approximate surface area is 110 Å². The topological polar surface area (TPSA) is 43.1 Å². The zero-order chi connectivity index (χ0) is 14.3. The molecule has 1 rings (SSSR count). The van der Waals surface area contributed by atoms with Gasteiger partial charge in [-0.05, 0) is 34.7 Å². The molecule has 0 radical (unpaired) electrons. The summed E-state index contributed by atoms with van der Waals surface area (Å²) in [4.78, 5) is 10.9. The van der Waals surface area contributed by atoms with E-state index < -0.39 is 35.0 Å². The van der Waals surface area contributed by atoms with Crippen LogP contribution in [-0.2, 0) is 12.4 Å². The van der Waals surface area contributed by atoms with Crippen LogP contribution in [0.3, 0.4) is 0 Å². The summed E-state index contributed by atoms with van der Waals surface area (Å²) in [5.74, 6) is -1.56. The lowest BCUT2D eigenvalue weighted by Gasteiger charge is -2.18. The van der Waals surface area contributed by atoms with Crippen LogP contribution in [0.15, 0.2) is 12.1 Å². The monoisotopic (exact) mass is 383 g/mol. The van der Waals surface area contributed by atoms with Crippen molar-refractivity contribution >= 4 is 28.5 Å². The number of alkyl halides is 6. The van der Waals surface area contributed by atoms with E-state index in [2.05, 4.69) is 0 Å². The first kappa shape index (κ1) is 15.1. The summed E-state index contributed by atoms with van der Waals surface area (Å²) in [6.07, 6.45) is -10.5. The maximum atomic E-state index is 12.7. The molecule has 0 saturated heterocycles. The number of nitrogens with two attached hydrogens (primary N) is 1. The second-order valence-corrected chi connectivity index (χ2v) is 4.37. The van der Waals surface area contributed by atoms with Gasteiger partial charge in [0, 0.05) is 3.57 Å². The Kier molecular flexibility index (Phi) is 3.84. The van der Waals surface area contributed by atoms with Crippen LogP contribution in [0.4, 0.5) is 26.3 Å². The maximum Gasteiger partial charge on any atom is 0.417 e. The van der Waals surface area contributed by atoms with E-state index in [-0.39, 0.29) is 9.64 Å². The second kappa shape index (κ2) is 4.59. The molecule has 0 spiro atoms. The Morgan fingerprint density at radius 1 is 1.06 bits per heavy atom. The molecular formula is C9H4F6INO. The van der Waals surface area contributed by atoms with E-state index in [0.29, 0.717) is 0 Å². The average Bonchev–Trinajstić information content (AvgIpc) is 2.12. The molecule has 0 aliphatic carbocycles. The maximum absolute atomic E-state index is 12.7. The number of benzene rings is 1. The van der Waals surface area contributed by atoms with Gasteiger partial charge in [-0.2, -0.15) is 26.3 Å². The molecule has 18 heavy (non-hydrogen) atoms. The van der Waals surface area contributed by atoms with Gasteiger partial charge in [-0.25, -0.2) is 0 Å². The molecule has 2 nitrogen and oxygen atoms in total. The van der Waals surface area contributed by atoms with Crippen molar-refractivity contribution in [3.05, 3.63) is 32.4 Å². The molecule has 0 fully saturated rings. The second-order valence-electron chi connectivity index (χ2n) is 3.20. The van der Waals surface area contributed by atoms with Crippen LogP contribution >= 0.6 is 22.6 Å². The number of carbonyl (C=O) groups is 1. The minimum absolute atomic E-state index is 0.275. The normalized spacial score (nSPS) is 12.6. The standard InChI is InChI=1S/C9H4F6INO/c10-8(11,12)3-1-2-4(16)5(7(17)18)6(3)9(13,14)15/h1-2H,(H2,17,18). The van der Waals surface area contributed by atoms with Crippen molar-refractivity contribution in [2.75, 3.05) is 0 Å². The van der Waals surface area contributed by atoms with Gasteiger partial charge in [-0.3, -0.25) is 4.79 Å². The van der Waals surface area contributed by atoms with Gasteiger partial charge in [0.2, 0.25) is 5.91 Å². The number of carbonyl (C=O) groups excluding carboxylic acids is 1. The minimum atomic E-state index is -5.32. The number of rotatable bonds is 1. The van der Waals surface area contributed by atoms with E-state index in [0.717, 1.165) is 6.07 Å². The molecule has 1 amide bonds. The van der Waals surface area contributed by atoms with E-state index in [9.17, 15) is 31.1 Å². The molecule has 0 aliphatic rings. The van der Waals surface area contributed by atoms with Crippen molar-refractivity contribution in [1.82, 2.24) is 0 Å². The lowest BCUT2D eigenvalue weighted by Crippen LogP contribution is -2.25. The van der Waals surface area contributed by atoms with Gasteiger partial charge in [-0.15, -0.1) is 0 Å². The number of halogens is 7. The summed E-state index contributed by atoms with van der Waals surface area (Å²) in [7, 11) is 0. The molecule has 0 atom stereocenters. The summed E-state index contributed by atoms with van der Waals surface area (Å²) < 4.78 is 75.2. The lowest BCUT2D eigenvalue weighted by atomic mass is 9.99. The van der Waals surface area contributed by atoms with E-state index in [4.69, 9.17) is 5.73 Å². The number of hydrogen-bond donors (Lipinski definition) is 1. The molecule has 2 N–H and O–H groups in total. The Hall–Kier alpha value is -1.00. The van der Waals surface area contributed by atoms with Gasteiger partial charge in [0.15, 0.2) is 0 Å². The summed E-state index contributed by atoms with van der Waals surface area (Å²) in [5.41, 5.74) is -0.429. The van der Waals surface area contributed by atoms with Crippen LogP contribution in [0.5, 0.6) is 0 Å². The smallest absolute Gasteiger partial charge is 0.366 e. The predicted molar refractivity (Wildman–Crippen MR) is 57.7 cm³/mol. The van der Waals surface area contributed by atoms with Gasteiger partial charge in [-0.1, -0.05) is 0 Å². The molecule has 0 bridgehead atoms. The van der Waals surface area contributed by atoms with Crippen molar-refractivity contribution in [3.8, 4) is 0 Å². The quantitative estimate of drug-likeness (QED) is 0.586. The molecule has 100 valence electrons. The van der Waals surface area contributed by atoms with Gasteiger partial charge >= 0.3 is 12.4 Å². The van der Waals surface area contributed by atoms with Crippen molar-refractivity contribution in [3.63, 3.8) is 0 Å². The van der Waals surface area contributed by atoms with Crippen LogP contribution in [0.25, 0.3) is 0 Å². The molecular weight excluding hydrogens is 379 g/mol. The van der Waals surface area contributed by atoms with Gasteiger partial charge in [0.1, 0.15) is 0 Å². The SMILES string of the molecule is NC(=O)c1c(I)ccc(C(F)(F)F)c1C(F)(F)F. The van der Waals surface area contributed by atoms with Crippen molar-refractivity contribution < 1.29 is 31.1 Å². The average molecular weight is 383 g/mol. The van der Waals surface area contributed by atoms with E-state index in [1.54, 1.807) is 0 Å². The van der Waals surface area contributed by atoms with Crippen LogP contribution in [0.2, 0.25) is 0 Å². The first-order chi connectivity index (χ1) is 7.96. The first-order valence-electron chi connectivity index (χ1n) is 4.23. The molecule has 9 heteroatoms. The van der Waals surface area contributed by atoms with Crippen LogP contribution in [-0.4, -0.2) is 5.91 Å². The van der Waals surface area contributed by atoms with Crippen LogP contribution in [0.1, 0.15) is 21.5 Å². The third kappa shape index (κ3) is 2.87. The number of amides is 1. The molecule has 1 aromatic rings. The summed E-state index contributed by atoms with van der Waals surface area (Å²) in [6, 6.07) is 1.04. The largest absolute Gasteiger partial charge is 0.417 e. The third-order valence-corrected chi connectivity index (χ3v) is 2.89. The Morgan fingerprint density at radius 3 is 1.89 bits per heavy atom. The highest BCUT2D eigenvalue weighted by Gasteiger charge is 2.46. The highest BCUT2D eigenvalue weighted by Crippen LogP contribution is 2.43. The first-order valence-corrected chi connectivity index (χ1v) is 5.31. The van der Waals surface area contributed by atoms with E-state index in [1.807, 2.05) is 0 Å². The van der Waals surface area contributed by atoms with Crippen LogP contribution < -0.4 is 5.73 Å². The Bertz CT molecular complexity index is 493. The molecule has 0 saturated carbocycles. The number of primary amides is 1. The summed E-state index contributed by atoms with van der Waals surface area (Å²) >= 11 is 1.32. The van der Waals surface area contributed by atoms with Crippen molar-refractivity contribution in [1.29, 1.82) is 0 Å². The zero-order valence-electron chi connectivity index (χ0n) is 8.29. The highest BCUT2D eigenvalue weighted by molar-refractivity contribution is 14.1. The minimum Gasteiger partial charge on any atom is -0.366 e. The zero-order valence-corrected chi connectivity index (χ0v) is 10.4.